The Balaban J connectivity index is 1.87. The summed E-state index contributed by atoms with van der Waals surface area (Å²) in [4.78, 5) is 26.0. The second-order valence-electron chi connectivity index (χ2n) is 5.39. The number of amides is 2. The van der Waals surface area contributed by atoms with Crippen molar-refractivity contribution in [2.75, 3.05) is 18.2 Å². The van der Waals surface area contributed by atoms with Crippen LogP contribution < -0.4 is 11.1 Å². The van der Waals surface area contributed by atoms with E-state index in [1.165, 1.54) is 0 Å². The van der Waals surface area contributed by atoms with Crippen LogP contribution >= 0.6 is 11.8 Å². The van der Waals surface area contributed by atoms with Crippen molar-refractivity contribution in [2.24, 2.45) is 5.73 Å². The van der Waals surface area contributed by atoms with Gasteiger partial charge in [-0.05, 0) is 12.0 Å². The number of carbonyl (C=O) groups is 2. The lowest BCUT2D eigenvalue weighted by Crippen LogP contribution is -2.48. The SMILES string of the molecule is CCCC(=O)N1CSCC1C(=O)NCC(N)c1ccccc1. The Bertz CT molecular complexity index is 509. The fourth-order valence-corrected chi connectivity index (χ4v) is 3.59. The zero-order valence-corrected chi connectivity index (χ0v) is 13.6. The predicted molar refractivity (Wildman–Crippen MR) is 89.2 cm³/mol. The molecule has 6 heteroatoms. The summed E-state index contributed by atoms with van der Waals surface area (Å²) in [5, 5.41) is 2.88. The third-order valence-corrected chi connectivity index (χ3v) is 4.71. The van der Waals surface area contributed by atoms with Gasteiger partial charge >= 0.3 is 0 Å². The number of nitrogens with zero attached hydrogens (tertiary/aromatic N) is 1. The standard InChI is InChI=1S/C16H23N3O2S/c1-2-6-15(20)19-11-22-10-14(19)16(21)18-9-13(17)12-7-4-3-5-8-12/h3-5,7-8,13-14H,2,6,9-11,17H2,1H3,(H,18,21). The van der Waals surface area contributed by atoms with Gasteiger partial charge in [0, 0.05) is 24.8 Å². The Kier molecular flexibility index (Phi) is 6.27. The van der Waals surface area contributed by atoms with Crippen molar-refractivity contribution in [3.63, 3.8) is 0 Å². The molecule has 2 amide bonds. The molecule has 0 aromatic heterocycles. The van der Waals surface area contributed by atoms with Gasteiger partial charge in [-0.3, -0.25) is 9.59 Å². The maximum atomic E-state index is 12.3. The van der Waals surface area contributed by atoms with Gasteiger partial charge in [0.2, 0.25) is 11.8 Å². The quantitative estimate of drug-likeness (QED) is 0.833. The number of thioether (sulfide) groups is 1. The molecule has 22 heavy (non-hydrogen) atoms. The Labute approximate surface area is 135 Å². The van der Waals surface area contributed by atoms with Crippen molar-refractivity contribution < 1.29 is 9.59 Å². The van der Waals surface area contributed by atoms with Crippen molar-refractivity contribution in [3.8, 4) is 0 Å². The maximum absolute atomic E-state index is 12.3. The van der Waals surface area contributed by atoms with Crippen molar-refractivity contribution in [3.05, 3.63) is 35.9 Å². The minimum Gasteiger partial charge on any atom is -0.352 e. The number of nitrogens with two attached hydrogens (primary N) is 1. The van der Waals surface area contributed by atoms with Crippen molar-refractivity contribution in [2.45, 2.75) is 31.8 Å². The van der Waals surface area contributed by atoms with Crippen molar-refractivity contribution >= 4 is 23.6 Å². The third kappa shape index (κ3) is 4.24. The van der Waals surface area contributed by atoms with Gasteiger partial charge in [-0.15, -0.1) is 11.8 Å². The van der Waals surface area contributed by atoms with E-state index in [2.05, 4.69) is 5.32 Å². The minimum absolute atomic E-state index is 0.0556. The summed E-state index contributed by atoms with van der Waals surface area (Å²) in [7, 11) is 0. The monoisotopic (exact) mass is 321 g/mol. The predicted octanol–water partition coefficient (Wildman–Crippen LogP) is 1.50. The van der Waals surface area contributed by atoms with E-state index in [0.29, 0.717) is 24.6 Å². The first-order chi connectivity index (χ1) is 10.6. The number of benzene rings is 1. The molecule has 2 unspecified atom stereocenters. The van der Waals surface area contributed by atoms with Gasteiger partial charge in [0.15, 0.2) is 0 Å². The first-order valence-electron chi connectivity index (χ1n) is 7.59. The molecule has 0 bridgehead atoms. The van der Waals surface area contributed by atoms with Gasteiger partial charge in [-0.2, -0.15) is 0 Å². The molecule has 1 fully saturated rings. The molecule has 0 radical (unpaired) electrons. The van der Waals surface area contributed by atoms with Crippen LogP contribution in [0.3, 0.4) is 0 Å². The van der Waals surface area contributed by atoms with Gasteiger partial charge in [0.1, 0.15) is 6.04 Å². The smallest absolute Gasteiger partial charge is 0.243 e. The van der Waals surface area contributed by atoms with E-state index in [-0.39, 0.29) is 23.9 Å². The summed E-state index contributed by atoms with van der Waals surface area (Å²) >= 11 is 1.62. The molecular formula is C16H23N3O2S. The fourth-order valence-electron chi connectivity index (χ4n) is 2.41. The molecule has 1 saturated heterocycles. The van der Waals surface area contributed by atoms with Crippen LogP contribution in [-0.2, 0) is 9.59 Å². The molecule has 0 aliphatic carbocycles. The van der Waals surface area contributed by atoms with Gasteiger partial charge in [-0.25, -0.2) is 0 Å². The lowest BCUT2D eigenvalue weighted by Gasteiger charge is -2.23. The minimum atomic E-state index is -0.368. The van der Waals surface area contributed by atoms with Crippen LogP contribution in [0.4, 0.5) is 0 Å². The topological polar surface area (TPSA) is 75.4 Å². The average Bonchev–Trinajstić information content (AvgIpc) is 3.03. The fraction of sp³-hybridized carbons (Fsp3) is 0.500. The molecule has 120 valence electrons. The summed E-state index contributed by atoms with van der Waals surface area (Å²) < 4.78 is 0. The largest absolute Gasteiger partial charge is 0.352 e. The van der Waals surface area contributed by atoms with Crippen LogP contribution in [-0.4, -0.2) is 40.9 Å². The van der Waals surface area contributed by atoms with E-state index in [1.807, 2.05) is 37.3 Å². The van der Waals surface area contributed by atoms with E-state index in [9.17, 15) is 9.59 Å². The lowest BCUT2D eigenvalue weighted by molar-refractivity contribution is -0.138. The number of hydrogen-bond acceptors (Lipinski definition) is 4. The van der Waals surface area contributed by atoms with E-state index >= 15 is 0 Å². The van der Waals surface area contributed by atoms with Crippen LogP contribution in [0.5, 0.6) is 0 Å². The summed E-state index contributed by atoms with van der Waals surface area (Å²) in [6, 6.07) is 9.07. The lowest BCUT2D eigenvalue weighted by atomic mass is 10.1. The first kappa shape index (κ1) is 16.8. The van der Waals surface area contributed by atoms with E-state index < -0.39 is 0 Å². The molecule has 1 aromatic carbocycles. The summed E-state index contributed by atoms with van der Waals surface area (Å²) in [5.41, 5.74) is 7.07. The Hall–Kier alpha value is -1.53. The molecule has 2 atom stereocenters. The Morgan fingerprint density at radius 2 is 2.14 bits per heavy atom. The zero-order chi connectivity index (χ0) is 15.9. The van der Waals surface area contributed by atoms with Crippen LogP contribution in [0.1, 0.15) is 31.4 Å². The van der Waals surface area contributed by atoms with E-state index in [0.717, 1.165) is 12.0 Å². The highest BCUT2D eigenvalue weighted by Gasteiger charge is 2.34. The molecule has 1 heterocycles. The van der Waals surface area contributed by atoms with E-state index in [4.69, 9.17) is 5.73 Å². The van der Waals surface area contributed by atoms with E-state index in [1.54, 1.807) is 16.7 Å². The molecule has 1 aromatic rings. The highest BCUT2D eigenvalue weighted by Crippen LogP contribution is 2.22. The Morgan fingerprint density at radius 1 is 1.41 bits per heavy atom. The molecule has 0 spiro atoms. The molecule has 1 aliphatic rings. The summed E-state index contributed by atoms with van der Waals surface area (Å²) in [6.07, 6.45) is 1.29. The third-order valence-electron chi connectivity index (χ3n) is 3.69. The van der Waals surface area contributed by atoms with Gasteiger partial charge in [0.25, 0.3) is 0 Å². The second kappa shape index (κ2) is 8.19. The number of hydrogen-bond donors (Lipinski definition) is 2. The number of rotatable bonds is 6. The number of nitrogens with one attached hydrogen (secondary N) is 1. The highest BCUT2D eigenvalue weighted by atomic mass is 32.2. The molecular weight excluding hydrogens is 298 g/mol. The summed E-state index contributed by atoms with van der Waals surface area (Å²) in [6.45, 7) is 2.34. The number of carbonyl (C=O) groups excluding carboxylic acids is 2. The Morgan fingerprint density at radius 3 is 2.82 bits per heavy atom. The molecule has 2 rings (SSSR count). The van der Waals surface area contributed by atoms with Crippen LogP contribution in [0.15, 0.2) is 30.3 Å². The maximum Gasteiger partial charge on any atom is 0.243 e. The zero-order valence-electron chi connectivity index (χ0n) is 12.8. The van der Waals surface area contributed by atoms with Crippen LogP contribution in [0, 0.1) is 0 Å². The second-order valence-corrected chi connectivity index (χ2v) is 6.39. The summed E-state index contributed by atoms with van der Waals surface area (Å²) in [5.74, 6) is 1.20. The van der Waals surface area contributed by atoms with Gasteiger partial charge < -0.3 is 16.0 Å². The molecule has 5 nitrogen and oxygen atoms in total. The van der Waals surface area contributed by atoms with Gasteiger partial charge in [0.05, 0.1) is 5.88 Å². The van der Waals surface area contributed by atoms with Crippen molar-refractivity contribution in [1.29, 1.82) is 0 Å². The molecule has 3 N–H and O–H groups in total. The van der Waals surface area contributed by atoms with Crippen LogP contribution in [0.2, 0.25) is 0 Å². The first-order valence-corrected chi connectivity index (χ1v) is 8.74. The molecule has 0 saturated carbocycles. The molecule has 1 aliphatic heterocycles. The highest BCUT2D eigenvalue weighted by molar-refractivity contribution is 7.99. The average molecular weight is 321 g/mol. The van der Waals surface area contributed by atoms with Crippen LogP contribution in [0.25, 0.3) is 0 Å². The normalized spacial score (nSPS) is 19.0. The van der Waals surface area contributed by atoms with Gasteiger partial charge in [-0.1, -0.05) is 37.3 Å². The van der Waals surface area contributed by atoms with Crippen molar-refractivity contribution in [1.82, 2.24) is 10.2 Å².